The summed E-state index contributed by atoms with van der Waals surface area (Å²) in [6.45, 7) is 2.82. The van der Waals surface area contributed by atoms with Crippen LogP contribution in [0.25, 0.3) is 0 Å². The van der Waals surface area contributed by atoms with E-state index in [2.05, 4.69) is 10.00 Å². The molecule has 0 fully saturated rings. The molecule has 0 spiro atoms. The van der Waals surface area contributed by atoms with Gasteiger partial charge in [-0.2, -0.15) is 5.10 Å². The summed E-state index contributed by atoms with van der Waals surface area (Å²) in [7, 11) is 3.94. The molecule has 0 radical (unpaired) electrons. The van der Waals surface area contributed by atoms with E-state index in [-0.39, 0.29) is 0 Å². The first-order chi connectivity index (χ1) is 8.47. The molecule has 5 heteroatoms. The monoisotopic (exact) mass is 264 g/mol. The number of hydrogen-bond donors (Lipinski definition) is 1. The molecular weight excluding hydrogens is 248 g/mol. The molecule has 1 aromatic heterocycles. The van der Waals surface area contributed by atoms with Crippen LogP contribution < -0.4 is 10.6 Å². The van der Waals surface area contributed by atoms with Crippen molar-refractivity contribution in [2.45, 2.75) is 13.5 Å². The van der Waals surface area contributed by atoms with Crippen LogP contribution in [0.2, 0.25) is 5.02 Å². The molecule has 0 aliphatic carbocycles. The normalized spacial score (nSPS) is 10.7. The van der Waals surface area contributed by atoms with Gasteiger partial charge >= 0.3 is 0 Å². The summed E-state index contributed by atoms with van der Waals surface area (Å²) in [4.78, 5) is 2.14. The van der Waals surface area contributed by atoms with Crippen LogP contribution in [0.15, 0.2) is 24.5 Å². The first-order valence-electron chi connectivity index (χ1n) is 5.71. The van der Waals surface area contributed by atoms with Crippen molar-refractivity contribution in [3.63, 3.8) is 0 Å². The molecule has 4 nitrogen and oxygen atoms in total. The summed E-state index contributed by atoms with van der Waals surface area (Å²) in [6, 6.07) is 3.81. The molecule has 18 heavy (non-hydrogen) atoms. The van der Waals surface area contributed by atoms with Gasteiger partial charge in [-0.05, 0) is 24.6 Å². The average Bonchev–Trinajstić information content (AvgIpc) is 2.69. The van der Waals surface area contributed by atoms with Gasteiger partial charge in [-0.25, -0.2) is 0 Å². The minimum absolute atomic E-state index is 0.591. The fraction of sp³-hybridized carbons (Fsp3) is 0.308. The SMILES string of the molecule is Cc1cc(N)c(Cl)cc1N(C)Cc1cnn(C)c1. The lowest BCUT2D eigenvalue weighted by molar-refractivity contribution is 0.766. The minimum atomic E-state index is 0.591. The van der Waals surface area contributed by atoms with Crippen LogP contribution in [0.5, 0.6) is 0 Å². The quantitative estimate of drug-likeness (QED) is 0.867. The van der Waals surface area contributed by atoms with E-state index in [0.717, 1.165) is 23.4 Å². The third-order valence-electron chi connectivity index (χ3n) is 2.90. The van der Waals surface area contributed by atoms with Crippen molar-refractivity contribution in [3.05, 3.63) is 40.7 Å². The Balaban J connectivity index is 2.23. The van der Waals surface area contributed by atoms with Crippen LogP contribution in [0, 0.1) is 6.92 Å². The molecule has 0 atom stereocenters. The summed E-state index contributed by atoms with van der Waals surface area (Å²) in [5.74, 6) is 0. The van der Waals surface area contributed by atoms with Crippen LogP contribution in [0.3, 0.4) is 0 Å². The van der Waals surface area contributed by atoms with Gasteiger partial charge in [0.25, 0.3) is 0 Å². The lowest BCUT2D eigenvalue weighted by Crippen LogP contribution is -2.17. The molecule has 96 valence electrons. The van der Waals surface area contributed by atoms with E-state index in [1.54, 1.807) is 4.68 Å². The van der Waals surface area contributed by atoms with Gasteiger partial charge < -0.3 is 10.6 Å². The van der Waals surface area contributed by atoms with Crippen molar-refractivity contribution in [3.8, 4) is 0 Å². The topological polar surface area (TPSA) is 47.1 Å². The number of nitrogens with zero attached hydrogens (tertiary/aromatic N) is 3. The van der Waals surface area contributed by atoms with Crippen molar-refractivity contribution in [1.29, 1.82) is 0 Å². The van der Waals surface area contributed by atoms with Gasteiger partial charge in [0.15, 0.2) is 0 Å². The van der Waals surface area contributed by atoms with Crippen LogP contribution in [0.4, 0.5) is 11.4 Å². The number of aryl methyl sites for hydroxylation is 2. The number of aromatic nitrogens is 2. The van der Waals surface area contributed by atoms with Crippen molar-refractivity contribution < 1.29 is 0 Å². The average molecular weight is 265 g/mol. The van der Waals surface area contributed by atoms with E-state index in [1.807, 2.05) is 45.5 Å². The van der Waals surface area contributed by atoms with Gasteiger partial charge in [0.1, 0.15) is 0 Å². The maximum absolute atomic E-state index is 6.07. The highest BCUT2D eigenvalue weighted by atomic mass is 35.5. The second-order valence-electron chi connectivity index (χ2n) is 4.54. The zero-order valence-electron chi connectivity index (χ0n) is 10.8. The standard InChI is InChI=1S/C13H17ClN4/c1-9-4-12(15)11(14)5-13(9)17(2)7-10-6-16-18(3)8-10/h4-6,8H,7,15H2,1-3H3. The predicted octanol–water partition coefficient (Wildman–Crippen LogP) is 2.60. The van der Waals surface area contributed by atoms with E-state index < -0.39 is 0 Å². The molecule has 0 amide bonds. The van der Waals surface area contributed by atoms with Crippen LogP contribution in [-0.4, -0.2) is 16.8 Å². The van der Waals surface area contributed by atoms with Crippen molar-refractivity contribution in [2.75, 3.05) is 17.7 Å². The lowest BCUT2D eigenvalue weighted by Gasteiger charge is -2.21. The summed E-state index contributed by atoms with van der Waals surface area (Å²) >= 11 is 6.07. The molecule has 2 aromatic rings. The van der Waals surface area contributed by atoms with Gasteiger partial charge in [0, 0.05) is 38.1 Å². The summed E-state index contributed by atoms with van der Waals surface area (Å²) in [5.41, 5.74) is 9.76. The van der Waals surface area contributed by atoms with Gasteiger partial charge in [0.05, 0.1) is 16.9 Å². The Kier molecular flexibility index (Phi) is 3.48. The minimum Gasteiger partial charge on any atom is -0.398 e. The number of nitrogens with two attached hydrogens (primary N) is 1. The van der Waals surface area contributed by atoms with E-state index in [1.165, 1.54) is 0 Å². The van der Waals surface area contributed by atoms with Crippen molar-refractivity contribution >= 4 is 23.0 Å². The Hall–Kier alpha value is -1.68. The van der Waals surface area contributed by atoms with E-state index in [0.29, 0.717) is 10.7 Å². The highest BCUT2D eigenvalue weighted by molar-refractivity contribution is 6.33. The Morgan fingerprint density at radius 3 is 2.78 bits per heavy atom. The molecule has 1 heterocycles. The molecule has 2 rings (SSSR count). The number of benzene rings is 1. The second kappa shape index (κ2) is 4.90. The molecule has 0 unspecified atom stereocenters. The Morgan fingerprint density at radius 1 is 1.44 bits per heavy atom. The second-order valence-corrected chi connectivity index (χ2v) is 4.95. The van der Waals surface area contributed by atoms with Crippen LogP contribution in [-0.2, 0) is 13.6 Å². The Morgan fingerprint density at radius 2 is 2.17 bits per heavy atom. The summed E-state index contributed by atoms with van der Waals surface area (Å²) in [5, 5.41) is 4.75. The number of hydrogen-bond acceptors (Lipinski definition) is 3. The van der Waals surface area contributed by atoms with Gasteiger partial charge in [-0.1, -0.05) is 11.6 Å². The summed E-state index contributed by atoms with van der Waals surface area (Å²) in [6.07, 6.45) is 3.87. The maximum Gasteiger partial charge on any atom is 0.0656 e. The molecular formula is C13H17ClN4. The molecule has 1 aromatic carbocycles. The molecule has 0 aliphatic rings. The van der Waals surface area contributed by atoms with Gasteiger partial charge in [-0.15, -0.1) is 0 Å². The molecule has 2 N–H and O–H groups in total. The molecule has 0 saturated heterocycles. The third-order valence-corrected chi connectivity index (χ3v) is 3.23. The number of anilines is 2. The first kappa shape index (κ1) is 12.8. The van der Waals surface area contributed by atoms with Crippen LogP contribution in [0.1, 0.15) is 11.1 Å². The molecule has 0 aliphatic heterocycles. The van der Waals surface area contributed by atoms with Gasteiger partial charge in [0.2, 0.25) is 0 Å². The van der Waals surface area contributed by atoms with Gasteiger partial charge in [-0.3, -0.25) is 4.68 Å². The molecule has 0 bridgehead atoms. The van der Waals surface area contributed by atoms with Crippen LogP contribution >= 0.6 is 11.6 Å². The summed E-state index contributed by atoms with van der Waals surface area (Å²) < 4.78 is 1.80. The van der Waals surface area contributed by atoms with Crippen molar-refractivity contribution in [1.82, 2.24) is 9.78 Å². The number of halogens is 1. The van der Waals surface area contributed by atoms with E-state index in [4.69, 9.17) is 17.3 Å². The number of nitrogen functional groups attached to an aromatic ring is 1. The smallest absolute Gasteiger partial charge is 0.0656 e. The lowest BCUT2D eigenvalue weighted by atomic mass is 10.1. The Bertz CT molecular complexity index is 562. The van der Waals surface area contributed by atoms with Crippen molar-refractivity contribution in [2.24, 2.45) is 7.05 Å². The fourth-order valence-corrected chi connectivity index (χ4v) is 2.18. The maximum atomic E-state index is 6.07. The zero-order chi connectivity index (χ0) is 13.3. The van der Waals surface area contributed by atoms with E-state index in [9.17, 15) is 0 Å². The fourth-order valence-electron chi connectivity index (χ4n) is 2.02. The largest absolute Gasteiger partial charge is 0.398 e. The van der Waals surface area contributed by atoms with E-state index >= 15 is 0 Å². The highest BCUT2D eigenvalue weighted by Crippen LogP contribution is 2.29. The highest BCUT2D eigenvalue weighted by Gasteiger charge is 2.09. The zero-order valence-corrected chi connectivity index (χ0v) is 11.6. The number of rotatable bonds is 3. The predicted molar refractivity (Wildman–Crippen MR) is 75.9 cm³/mol. The molecule has 0 saturated carbocycles. The third kappa shape index (κ3) is 2.59. The Labute approximate surface area is 112 Å². The first-order valence-corrected chi connectivity index (χ1v) is 6.09.